The predicted octanol–water partition coefficient (Wildman–Crippen LogP) is 0.832. The molecule has 0 saturated carbocycles. The SMILES string of the molecule is C=CC(=O)OCC(C)OC(=O)c1cc2c(cc1Cl)COB2O. The number of halogens is 1. The molecule has 1 aromatic carbocycles. The van der Waals surface area contributed by atoms with E-state index in [-0.39, 0.29) is 23.8 Å². The van der Waals surface area contributed by atoms with Gasteiger partial charge in [-0.15, -0.1) is 0 Å². The van der Waals surface area contributed by atoms with E-state index >= 15 is 0 Å². The molecule has 0 bridgehead atoms. The summed E-state index contributed by atoms with van der Waals surface area (Å²) in [6.45, 7) is 4.98. The minimum atomic E-state index is -1.08. The zero-order valence-electron chi connectivity index (χ0n) is 11.9. The Hall–Kier alpha value is -1.83. The van der Waals surface area contributed by atoms with Crippen LogP contribution in [0.5, 0.6) is 0 Å². The van der Waals surface area contributed by atoms with E-state index in [2.05, 4.69) is 6.58 Å². The zero-order chi connectivity index (χ0) is 16.3. The number of esters is 2. The monoisotopic (exact) mass is 324 g/mol. The lowest BCUT2D eigenvalue weighted by Gasteiger charge is -2.14. The first kappa shape index (κ1) is 16.5. The average Bonchev–Trinajstić information content (AvgIpc) is 2.84. The summed E-state index contributed by atoms with van der Waals surface area (Å²) in [6, 6.07) is 3.01. The smallest absolute Gasteiger partial charge is 0.459 e. The van der Waals surface area contributed by atoms with Gasteiger partial charge in [-0.2, -0.15) is 0 Å². The summed E-state index contributed by atoms with van der Waals surface area (Å²) < 4.78 is 15.0. The van der Waals surface area contributed by atoms with Gasteiger partial charge in [0.05, 0.1) is 17.2 Å². The van der Waals surface area contributed by atoms with Crippen LogP contribution in [0.3, 0.4) is 0 Å². The van der Waals surface area contributed by atoms with E-state index in [1.165, 1.54) is 6.07 Å². The van der Waals surface area contributed by atoms with Crippen molar-refractivity contribution in [1.29, 1.82) is 0 Å². The lowest BCUT2D eigenvalue weighted by Crippen LogP contribution is -2.29. The number of hydrogen-bond acceptors (Lipinski definition) is 6. The van der Waals surface area contributed by atoms with Gasteiger partial charge >= 0.3 is 19.1 Å². The van der Waals surface area contributed by atoms with Gasteiger partial charge in [0.1, 0.15) is 12.7 Å². The summed E-state index contributed by atoms with van der Waals surface area (Å²) >= 11 is 6.05. The fourth-order valence-electron chi connectivity index (χ4n) is 1.94. The number of benzene rings is 1. The Morgan fingerprint density at radius 3 is 3.00 bits per heavy atom. The Morgan fingerprint density at radius 1 is 1.59 bits per heavy atom. The second-order valence-electron chi connectivity index (χ2n) is 4.74. The zero-order valence-corrected chi connectivity index (χ0v) is 12.6. The van der Waals surface area contributed by atoms with Crippen LogP contribution >= 0.6 is 11.6 Å². The van der Waals surface area contributed by atoms with Crippen molar-refractivity contribution in [3.05, 3.63) is 40.9 Å². The molecule has 0 amide bonds. The lowest BCUT2D eigenvalue weighted by atomic mass is 9.79. The normalized spacial score (nSPS) is 14.2. The summed E-state index contributed by atoms with van der Waals surface area (Å²) in [5.41, 5.74) is 1.33. The minimum Gasteiger partial charge on any atom is -0.459 e. The van der Waals surface area contributed by atoms with Gasteiger partial charge in [0.15, 0.2) is 0 Å². The highest BCUT2D eigenvalue weighted by molar-refractivity contribution is 6.61. The molecular formula is C14H14BClO6. The van der Waals surface area contributed by atoms with Gasteiger partial charge in [-0.1, -0.05) is 18.2 Å². The molecule has 1 unspecified atom stereocenters. The van der Waals surface area contributed by atoms with E-state index in [4.69, 9.17) is 25.7 Å². The Labute approximate surface area is 132 Å². The number of carbonyl (C=O) groups is 2. The summed E-state index contributed by atoms with van der Waals surface area (Å²) in [5.74, 6) is -1.27. The maximum absolute atomic E-state index is 12.1. The molecule has 1 aliphatic rings. The van der Waals surface area contributed by atoms with Crippen LogP contribution in [0.15, 0.2) is 24.8 Å². The van der Waals surface area contributed by atoms with Gasteiger partial charge in [-0.25, -0.2) is 9.59 Å². The molecule has 1 N–H and O–H groups in total. The lowest BCUT2D eigenvalue weighted by molar-refractivity contribution is -0.140. The number of rotatable bonds is 5. The van der Waals surface area contributed by atoms with Crippen molar-refractivity contribution in [2.75, 3.05) is 6.61 Å². The van der Waals surface area contributed by atoms with Crippen molar-refractivity contribution >= 4 is 36.1 Å². The standard InChI is InChI=1S/C14H14BClO6/c1-3-13(17)20-6-8(2)22-14(18)10-5-11-9(4-12(10)16)7-21-15(11)19/h3-5,8,19H,1,6-7H2,2H3. The van der Waals surface area contributed by atoms with Crippen molar-refractivity contribution < 1.29 is 28.7 Å². The quantitative estimate of drug-likeness (QED) is 0.491. The van der Waals surface area contributed by atoms with Gasteiger partial charge in [0.2, 0.25) is 0 Å². The summed E-state index contributed by atoms with van der Waals surface area (Å²) in [6.07, 6.45) is 0.370. The summed E-state index contributed by atoms with van der Waals surface area (Å²) in [4.78, 5) is 23.1. The molecule has 0 fully saturated rings. The van der Waals surface area contributed by atoms with Gasteiger partial charge in [0, 0.05) is 6.08 Å². The maximum atomic E-state index is 12.1. The fourth-order valence-corrected chi connectivity index (χ4v) is 2.20. The van der Waals surface area contributed by atoms with E-state index in [1.54, 1.807) is 13.0 Å². The first-order chi connectivity index (χ1) is 10.4. The van der Waals surface area contributed by atoms with E-state index in [1.807, 2.05) is 0 Å². The van der Waals surface area contributed by atoms with Gasteiger partial charge in [-0.05, 0) is 30.1 Å². The Morgan fingerprint density at radius 2 is 2.32 bits per heavy atom. The first-order valence-electron chi connectivity index (χ1n) is 6.54. The van der Waals surface area contributed by atoms with Crippen LogP contribution in [0.4, 0.5) is 0 Å². The molecular weight excluding hydrogens is 310 g/mol. The molecule has 0 radical (unpaired) electrons. The Bertz CT molecular complexity index is 618. The van der Waals surface area contributed by atoms with Crippen LogP contribution in [0, 0.1) is 0 Å². The molecule has 1 heterocycles. The third-order valence-electron chi connectivity index (χ3n) is 3.05. The number of carbonyl (C=O) groups excluding carboxylic acids is 2. The molecule has 0 aromatic heterocycles. The molecule has 0 saturated heterocycles. The van der Waals surface area contributed by atoms with Crippen LogP contribution in [0.25, 0.3) is 0 Å². The summed E-state index contributed by atoms with van der Waals surface area (Å²) in [7, 11) is -1.08. The molecule has 1 aromatic rings. The van der Waals surface area contributed by atoms with Crippen LogP contribution in [-0.2, 0) is 25.5 Å². The topological polar surface area (TPSA) is 82.1 Å². The largest absolute Gasteiger partial charge is 0.491 e. The highest BCUT2D eigenvalue weighted by Gasteiger charge is 2.30. The van der Waals surface area contributed by atoms with Crippen molar-refractivity contribution in [3.8, 4) is 0 Å². The second kappa shape index (κ2) is 6.96. The molecule has 8 heteroatoms. The molecule has 2 rings (SSSR count). The van der Waals surface area contributed by atoms with Crippen LogP contribution in [-0.4, -0.2) is 36.8 Å². The minimum absolute atomic E-state index is 0.0924. The second-order valence-corrected chi connectivity index (χ2v) is 5.15. The first-order valence-corrected chi connectivity index (χ1v) is 6.92. The molecule has 22 heavy (non-hydrogen) atoms. The van der Waals surface area contributed by atoms with Gasteiger partial charge in [0.25, 0.3) is 0 Å². The molecule has 1 atom stereocenters. The van der Waals surface area contributed by atoms with Crippen LogP contribution in [0.1, 0.15) is 22.8 Å². The van der Waals surface area contributed by atoms with Gasteiger partial charge < -0.3 is 19.2 Å². The number of ether oxygens (including phenoxy) is 2. The highest BCUT2D eigenvalue weighted by atomic mass is 35.5. The van der Waals surface area contributed by atoms with Crippen LogP contribution < -0.4 is 5.46 Å². The molecule has 6 nitrogen and oxygen atoms in total. The maximum Gasteiger partial charge on any atom is 0.491 e. The Kier molecular flexibility index (Phi) is 5.23. The third-order valence-corrected chi connectivity index (χ3v) is 3.36. The van der Waals surface area contributed by atoms with Crippen molar-refractivity contribution in [1.82, 2.24) is 0 Å². The Balaban J connectivity index is 2.05. The molecule has 1 aliphatic heterocycles. The van der Waals surface area contributed by atoms with Gasteiger partial charge in [-0.3, -0.25) is 0 Å². The van der Waals surface area contributed by atoms with E-state index in [0.29, 0.717) is 5.46 Å². The summed E-state index contributed by atoms with van der Waals surface area (Å²) in [5, 5.41) is 9.85. The van der Waals surface area contributed by atoms with E-state index in [9.17, 15) is 14.6 Å². The number of hydrogen-bond donors (Lipinski definition) is 1. The van der Waals surface area contributed by atoms with E-state index in [0.717, 1.165) is 11.6 Å². The average molecular weight is 325 g/mol. The predicted molar refractivity (Wildman–Crippen MR) is 79.9 cm³/mol. The highest BCUT2D eigenvalue weighted by Crippen LogP contribution is 2.22. The fraction of sp³-hybridized carbons (Fsp3) is 0.286. The van der Waals surface area contributed by atoms with Crippen molar-refractivity contribution in [2.45, 2.75) is 19.6 Å². The molecule has 0 aliphatic carbocycles. The van der Waals surface area contributed by atoms with Crippen LogP contribution in [0.2, 0.25) is 5.02 Å². The van der Waals surface area contributed by atoms with Crippen molar-refractivity contribution in [2.24, 2.45) is 0 Å². The molecule has 0 spiro atoms. The van der Waals surface area contributed by atoms with Crippen molar-refractivity contribution in [3.63, 3.8) is 0 Å². The molecule has 116 valence electrons. The van der Waals surface area contributed by atoms with E-state index < -0.39 is 25.2 Å². The third kappa shape index (κ3) is 3.68. The number of fused-ring (bicyclic) bond motifs is 1.